The first-order valence-electron chi connectivity index (χ1n) is 6.18. The van der Waals surface area contributed by atoms with Crippen molar-refractivity contribution in [1.82, 2.24) is 9.78 Å². The van der Waals surface area contributed by atoms with Crippen molar-refractivity contribution in [1.29, 1.82) is 0 Å². The lowest BCUT2D eigenvalue weighted by Gasteiger charge is -2.09. The van der Waals surface area contributed by atoms with Crippen LogP contribution in [0.25, 0.3) is 11.1 Å². The van der Waals surface area contributed by atoms with Gasteiger partial charge in [0.2, 0.25) is 0 Å². The molecule has 0 bridgehead atoms. The fraction of sp³-hybridized carbons (Fsp3) is 0.357. The maximum Gasteiger partial charge on any atom is 0.0571 e. The van der Waals surface area contributed by atoms with Crippen molar-refractivity contribution in [2.45, 2.75) is 33.4 Å². The van der Waals surface area contributed by atoms with E-state index in [1.54, 1.807) is 0 Å². The Hall–Kier alpha value is -1.32. The largest absolute Gasteiger partial charge is 0.326 e. The molecule has 1 heterocycles. The van der Waals surface area contributed by atoms with Gasteiger partial charge < -0.3 is 5.73 Å². The normalized spacial score (nSPS) is 10.9. The second-order valence-corrected chi connectivity index (χ2v) is 4.81. The summed E-state index contributed by atoms with van der Waals surface area (Å²) in [5.41, 5.74) is 10.3. The summed E-state index contributed by atoms with van der Waals surface area (Å²) in [5, 5.41) is 5.14. The molecule has 0 saturated carbocycles. The predicted octanol–water partition coefficient (Wildman–Crippen LogP) is 3.38. The van der Waals surface area contributed by atoms with E-state index in [0.717, 1.165) is 34.7 Å². The van der Waals surface area contributed by atoms with Gasteiger partial charge in [-0.05, 0) is 36.6 Å². The van der Waals surface area contributed by atoms with Crippen LogP contribution in [0.2, 0.25) is 5.02 Å². The Morgan fingerprint density at radius 1 is 1.33 bits per heavy atom. The maximum absolute atomic E-state index is 6.00. The van der Waals surface area contributed by atoms with E-state index in [4.69, 9.17) is 17.3 Å². The minimum atomic E-state index is 0.480. The fourth-order valence-electron chi connectivity index (χ4n) is 2.14. The van der Waals surface area contributed by atoms with E-state index in [2.05, 4.69) is 18.9 Å². The standard InChI is InChI=1S/C14H18ClN3/c1-3-6-18-10(2)14(9-17-18)13-5-4-12(15)7-11(13)8-16/h4-5,7,9H,3,6,8,16H2,1-2H3. The van der Waals surface area contributed by atoms with E-state index in [0.29, 0.717) is 6.54 Å². The van der Waals surface area contributed by atoms with Crippen LogP contribution in [0, 0.1) is 6.92 Å². The van der Waals surface area contributed by atoms with Crippen LogP contribution in [0.1, 0.15) is 24.6 Å². The zero-order valence-corrected chi connectivity index (χ0v) is 11.5. The minimum absolute atomic E-state index is 0.480. The van der Waals surface area contributed by atoms with Gasteiger partial charge in [0.15, 0.2) is 0 Å². The van der Waals surface area contributed by atoms with Crippen molar-refractivity contribution < 1.29 is 0 Å². The minimum Gasteiger partial charge on any atom is -0.326 e. The summed E-state index contributed by atoms with van der Waals surface area (Å²) >= 11 is 6.00. The number of nitrogens with zero attached hydrogens (tertiary/aromatic N) is 2. The summed E-state index contributed by atoms with van der Waals surface area (Å²) in [6, 6.07) is 5.84. The molecule has 0 aliphatic rings. The average molecular weight is 264 g/mol. The highest BCUT2D eigenvalue weighted by Gasteiger charge is 2.11. The Bertz CT molecular complexity index is 546. The van der Waals surface area contributed by atoms with Crippen molar-refractivity contribution in [2.75, 3.05) is 0 Å². The summed E-state index contributed by atoms with van der Waals surface area (Å²) in [6.45, 7) is 5.66. The average Bonchev–Trinajstić information content (AvgIpc) is 2.72. The molecule has 0 saturated heterocycles. The number of hydrogen-bond donors (Lipinski definition) is 1. The molecule has 18 heavy (non-hydrogen) atoms. The summed E-state index contributed by atoms with van der Waals surface area (Å²) in [6.07, 6.45) is 2.99. The monoisotopic (exact) mass is 263 g/mol. The molecular weight excluding hydrogens is 246 g/mol. The number of hydrogen-bond acceptors (Lipinski definition) is 2. The number of aryl methyl sites for hydroxylation is 1. The van der Waals surface area contributed by atoms with Crippen LogP contribution < -0.4 is 5.73 Å². The number of halogens is 1. The van der Waals surface area contributed by atoms with Gasteiger partial charge in [-0.15, -0.1) is 0 Å². The summed E-state index contributed by atoms with van der Waals surface area (Å²) in [7, 11) is 0. The quantitative estimate of drug-likeness (QED) is 0.919. The molecule has 2 N–H and O–H groups in total. The van der Waals surface area contributed by atoms with Crippen molar-refractivity contribution in [2.24, 2.45) is 5.73 Å². The first-order valence-corrected chi connectivity index (χ1v) is 6.56. The zero-order valence-electron chi connectivity index (χ0n) is 10.8. The Labute approximate surface area is 113 Å². The first kappa shape index (κ1) is 13.1. The van der Waals surface area contributed by atoms with Crippen LogP contribution in [0.15, 0.2) is 24.4 Å². The molecule has 1 aromatic heterocycles. The van der Waals surface area contributed by atoms with Crippen molar-refractivity contribution >= 4 is 11.6 Å². The Kier molecular flexibility index (Phi) is 4.04. The van der Waals surface area contributed by atoms with Gasteiger partial charge >= 0.3 is 0 Å². The van der Waals surface area contributed by atoms with Crippen LogP contribution in [-0.2, 0) is 13.1 Å². The molecule has 0 unspecified atom stereocenters. The number of benzene rings is 1. The number of rotatable bonds is 4. The van der Waals surface area contributed by atoms with Gasteiger partial charge in [-0.25, -0.2) is 0 Å². The molecule has 2 aromatic rings. The lowest BCUT2D eigenvalue weighted by Crippen LogP contribution is -2.02. The lowest BCUT2D eigenvalue weighted by molar-refractivity contribution is 0.587. The van der Waals surface area contributed by atoms with E-state index in [9.17, 15) is 0 Å². The molecule has 3 nitrogen and oxygen atoms in total. The van der Waals surface area contributed by atoms with Crippen molar-refractivity contribution in [3.8, 4) is 11.1 Å². The highest BCUT2D eigenvalue weighted by molar-refractivity contribution is 6.30. The Morgan fingerprint density at radius 2 is 2.11 bits per heavy atom. The third-order valence-corrected chi connectivity index (χ3v) is 3.35. The van der Waals surface area contributed by atoms with Gasteiger partial charge in [-0.3, -0.25) is 4.68 Å². The third-order valence-electron chi connectivity index (χ3n) is 3.12. The maximum atomic E-state index is 6.00. The van der Waals surface area contributed by atoms with Crippen LogP contribution in [0.4, 0.5) is 0 Å². The molecule has 0 atom stereocenters. The van der Waals surface area contributed by atoms with E-state index < -0.39 is 0 Å². The molecule has 96 valence electrons. The first-order chi connectivity index (χ1) is 8.67. The number of aromatic nitrogens is 2. The van der Waals surface area contributed by atoms with Crippen LogP contribution in [-0.4, -0.2) is 9.78 Å². The molecule has 0 aliphatic heterocycles. The van der Waals surface area contributed by atoms with Gasteiger partial charge in [0.1, 0.15) is 0 Å². The number of nitrogens with two attached hydrogens (primary N) is 1. The van der Waals surface area contributed by atoms with Crippen LogP contribution in [0.5, 0.6) is 0 Å². The second-order valence-electron chi connectivity index (χ2n) is 4.37. The molecule has 0 radical (unpaired) electrons. The third kappa shape index (κ3) is 2.42. The molecule has 2 rings (SSSR count). The van der Waals surface area contributed by atoms with Gasteiger partial charge in [0.05, 0.1) is 6.20 Å². The zero-order chi connectivity index (χ0) is 13.1. The van der Waals surface area contributed by atoms with E-state index in [1.165, 1.54) is 5.69 Å². The molecule has 1 aromatic carbocycles. The molecule has 0 amide bonds. The van der Waals surface area contributed by atoms with Crippen molar-refractivity contribution in [3.05, 3.63) is 40.7 Å². The summed E-state index contributed by atoms with van der Waals surface area (Å²) in [4.78, 5) is 0. The second kappa shape index (κ2) is 5.55. The van der Waals surface area contributed by atoms with E-state index in [-0.39, 0.29) is 0 Å². The molecular formula is C14H18ClN3. The summed E-state index contributed by atoms with van der Waals surface area (Å²) < 4.78 is 2.03. The van der Waals surface area contributed by atoms with Gasteiger partial charge in [0.25, 0.3) is 0 Å². The van der Waals surface area contributed by atoms with Crippen molar-refractivity contribution in [3.63, 3.8) is 0 Å². The van der Waals surface area contributed by atoms with Crippen LogP contribution >= 0.6 is 11.6 Å². The predicted molar refractivity (Wildman–Crippen MR) is 75.6 cm³/mol. The summed E-state index contributed by atoms with van der Waals surface area (Å²) in [5.74, 6) is 0. The SMILES string of the molecule is CCCn1ncc(-c2ccc(Cl)cc2CN)c1C. The van der Waals surface area contributed by atoms with E-state index >= 15 is 0 Å². The Morgan fingerprint density at radius 3 is 2.78 bits per heavy atom. The lowest BCUT2D eigenvalue weighted by atomic mass is 10.0. The van der Waals surface area contributed by atoms with Gasteiger partial charge in [-0.1, -0.05) is 24.6 Å². The fourth-order valence-corrected chi connectivity index (χ4v) is 2.34. The molecule has 0 spiro atoms. The topological polar surface area (TPSA) is 43.8 Å². The highest BCUT2D eigenvalue weighted by atomic mass is 35.5. The molecule has 0 aliphatic carbocycles. The highest BCUT2D eigenvalue weighted by Crippen LogP contribution is 2.28. The van der Waals surface area contributed by atoms with Gasteiger partial charge in [-0.2, -0.15) is 5.10 Å². The Balaban J connectivity index is 2.48. The van der Waals surface area contributed by atoms with E-state index in [1.807, 2.05) is 29.1 Å². The van der Waals surface area contributed by atoms with Gasteiger partial charge in [0, 0.05) is 29.4 Å². The molecule has 4 heteroatoms. The smallest absolute Gasteiger partial charge is 0.0571 e. The van der Waals surface area contributed by atoms with Crippen LogP contribution in [0.3, 0.4) is 0 Å². The molecule has 0 fully saturated rings.